The molecule has 1 aromatic rings. The normalized spacial score (nSPS) is 21.7. The standard InChI is InChI=1S/C30H45N3O5/c1-30(2,3)38-29(36)33-14-12-23(13-15-33)22-37-27-10-8-25(9-11-27)24-4-6-26(7-5-24)28(35)32-18-16-31(17-19-32)20-21-34/h4,8-11,23,26,34H,5-7,12-22H2,1-3H3. The summed E-state index contributed by atoms with van der Waals surface area (Å²) in [5.41, 5.74) is 2.04. The molecular formula is C30H45N3O5. The summed E-state index contributed by atoms with van der Waals surface area (Å²) in [5.74, 6) is 1.66. The molecule has 0 saturated carbocycles. The molecule has 3 aliphatic rings. The van der Waals surface area contributed by atoms with Crippen LogP contribution in [-0.4, -0.2) is 96.4 Å². The van der Waals surface area contributed by atoms with Crippen LogP contribution < -0.4 is 4.74 Å². The van der Waals surface area contributed by atoms with Gasteiger partial charge in [-0.05, 0) is 82.1 Å². The quantitative estimate of drug-likeness (QED) is 0.577. The Balaban J connectivity index is 1.19. The van der Waals surface area contributed by atoms with Gasteiger partial charge in [0.05, 0.1) is 13.2 Å². The molecule has 2 amide bonds. The van der Waals surface area contributed by atoms with E-state index in [0.29, 0.717) is 32.2 Å². The molecule has 1 N–H and O–H groups in total. The number of piperazine rings is 1. The first kappa shape index (κ1) is 28.4. The minimum Gasteiger partial charge on any atom is -0.493 e. The van der Waals surface area contributed by atoms with Gasteiger partial charge < -0.3 is 24.4 Å². The topological polar surface area (TPSA) is 82.5 Å². The van der Waals surface area contributed by atoms with Gasteiger partial charge in [-0.3, -0.25) is 9.69 Å². The first-order chi connectivity index (χ1) is 18.2. The number of carbonyl (C=O) groups is 2. The van der Waals surface area contributed by atoms with Crippen LogP contribution in [-0.2, 0) is 9.53 Å². The third-order valence-corrected chi connectivity index (χ3v) is 7.84. The summed E-state index contributed by atoms with van der Waals surface area (Å²) in [4.78, 5) is 31.3. The summed E-state index contributed by atoms with van der Waals surface area (Å²) in [6.45, 7) is 11.8. The van der Waals surface area contributed by atoms with E-state index in [0.717, 1.165) is 64.0 Å². The van der Waals surface area contributed by atoms with Gasteiger partial charge in [-0.25, -0.2) is 4.79 Å². The lowest BCUT2D eigenvalue weighted by Crippen LogP contribution is -2.50. The van der Waals surface area contributed by atoms with Crippen molar-refractivity contribution in [1.29, 1.82) is 0 Å². The van der Waals surface area contributed by atoms with Crippen LogP contribution in [0.3, 0.4) is 0 Å². The van der Waals surface area contributed by atoms with Crippen LogP contribution in [0.5, 0.6) is 5.75 Å². The van der Waals surface area contributed by atoms with Crippen LogP contribution >= 0.6 is 0 Å². The van der Waals surface area contributed by atoms with E-state index >= 15 is 0 Å². The number of rotatable bonds is 7. The van der Waals surface area contributed by atoms with Gasteiger partial charge in [0, 0.05) is 51.7 Å². The highest BCUT2D eigenvalue weighted by Gasteiger charge is 2.29. The number of allylic oxidation sites excluding steroid dienone is 2. The smallest absolute Gasteiger partial charge is 0.410 e. The molecule has 1 unspecified atom stereocenters. The average molecular weight is 528 g/mol. The Morgan fingerprint density at radius 2 is 1.63 bits per heavy atom. The maximum atomic E-state index is 13.0. The van der Waals surface area contributed by atoms with Gasteiger partial charge in [-0.15, -0.1) is 0 Å². The van der Waals surface area contributed by atoms with E-state index in [1.807, 2.05) is 37.8 Å². The fraction of sp³-hybridized carbons (Fsp3) is 0.667. The van der Waals surface area contributed by atoms with Crippen molar-refractivity contribution in [3.05, 3.63) is 35.9 Å². The van der Waals surface area contributed by atoms with Gasteiger partial charge in [-0.1, -0.05) is 18.2 Å². The van der Waals surface area contributed by atoms with Gasteiger partial charge in [0.15, 0.2) is 0 Å². The first-order valence-corrected chi connectivity index (χ1v) is 14.2. The van der Waals surface area contributed by atoms with E-state index in [4.69, 9.17) is 14.6 Å². The van der Waals surface area contributed by atoms with Crippen LogP contribution in [0.25, 0.3) is 5.57 Å². The minimum atomic E-state index is -0.465. The zero-order valence-electron chi connectivity index (χ0n) is 23.4. The van der Waals surface area contributed by atoms with E-state index in [1.165, 1.54) is 11.1 Å². The van der Waals surface area contributed by atoms with Crippen molar-refractivity contribution in [1.82, 2.24) is 14.7 Å². The second-order valence-corrected chi connectivity index (χ2v) is 11.8. The maximum Gasteiger partial charge on any atom is 0.410 e. The molecule has 2 heterocycles. The number of aliphatic hydroxyl groups is 1. The van der Waals surface area contributed by atoms with Crippen molar-refractivity contribution >= 4 is 17.6 Å². The summed E-state index contributed by atoms with van der Waals surface area (Å²) in [6, 6.07) is 8.31. The molecule has 8 nitrogen and oxygen atoms in total. The Kier molecular flexibility index (Phi) is 9.71. The molecule has 0 bridgehead atoms. The third-order valence-electron chi connectivity index (χ3n) is 7.84. The van der Waals surface area contributed by atoms with Gasteiger partial charge in [0.1, 0.15) is 11.4 Å². The van der Waals surface area contributed by atoms with E-state index in [-0.39, 0.29) is 24.5 Å². The van der Waals surface area contributed by atoms with E-state index in [2.05, 4.69) is 23.1 Å². The number of hydrogen-bond donors (Lipinski definition) is 1. The number of hydrogen-bond acceptors (Lipinski definition) is 6. The third kappa shape index (κ3) is 7.96. The Morgan fingerprint density at radius 1 is 0.947 bits per heavy atom. The van der Waals surface area contributed by atoms with Crippen LogP contribution in [0.4, 0.5) is 4.79 Å². The number of benzene rings is 1. The van der Waals surface area contributed by atoms with Gasteiger partial charge in [0.25, 0.3) is 0 Å². The summed E-state index contributed by atoms with van der Waals surface area (Å²) >= 11 is 0. The van der Waals surface area contributed by atoms with Crippen LogP contribution in [0.2, 0.25) is 0 Å². The van der Waals surface area contributed by atoms with Crippen molar-refractivity contribution in [2.24, 2.45) is 11.8 Å². The fourth-order valence-electron chi connectivity index (χ4n) is 5.50. The number of piperidine rings is 1. The Bertz CT molecular complexity index is 955. The lowest BCUT2D eigenvalue weighted by atomic mass is 9.85. The monoisotopic (exact) mass is 527 g/mol. The van der Waals surface area contributed by atoms with Gasteiger partial charge >= 0.3 is 6.09 Å². The zero-order valence-corrected chi connectivity index (χ0v) is 23.4. The maximum absolute atomic E-state index is 13.0. The molecule has 0 spiro atoms. The fourth-order valence-corrected chi connectivity index (χ4v) is 5.50. The predicted octanol–water partition coefficient (Wildman–Crippen LogP) is 4.03. The molecule has 0 aromatic heterocycles. The number of nitrogens with zero attached hydrogens (tertiary/aromatic N) is 3. The minimum absolute atomic E-state index is 0.0764. The highest BCUT2D eigenvalue weighted by Crippen LogP contribution is 2.32. The molecular weight excluding hydrogens is 482 g/mol. The molecule has 1 aromatic carbocycles. The lowest BCUT2D eigenvalue weighted by molar-refractivity contribution is -0.137. The molecule has 2 fully saturated rings. The van der Waals surface area contributed by atoms with Gasteiger partial charge in [0.2, 0.25) is 5.91 Å². The van der Waals surface area contributed by atoms with Crippen LogP contribution in [0.15, 0.2) is 30.3 Å². The molecule has 4 rings (SSSR count). The highest BCUT2D eigenvalue weighted by molar-refractivity contribution is 5.81. The molecule has 2 saturated heterocycles. The van der Waals surface area contributed by atoms with Crippen LogP contribution in [0.1, 0.15) is 58.4 Å². The molecule has 1 atom stereocenters. The Labute approximate surface area is 227 Å². The summed E-state index contributed by atoms with van der Waals surface area (Å²) in [6.07, 6.45) is 6.45. The highest BCUT2D eigenvalue weighted by atomic mass is 16.6. The SMILES string of the molecule is CC(C)(C)OC(=O)N1CCC(COc2ccc(C3=CCC(C(=O)N4CCN(CCO)CC4)CC3)cc2)CC1. The first-order valence-electron chi connectivity index (χ1n) is 14.2. The number of β-amino-alcohol motifs (C(OH)–C–C–N with tert-alkyl or cyclic N) is 1. The molecule has 38 heavy (non-hydrogen) atoms. The van der Waals surface area contributed by atoms with Crippen molar-refractivity contribution in [2.75, 3.05) is 59.0 Å². The molecule has 0 radical (unpaired) electrons. The van der Waals surface area contributed by atoms with Crippen molar-refractivity contribution < 1.29 is 24.2 Å². The number of amides is 2. The summed E-state index contributed by atoms with van der Waals surface area (Å²) < 4.78 is 11.6. The van der Waals surface area contributed by atoms with E-state index in [9.17, 15) is 9.59 Å². The van der Waals surface area contributed by atoms with E-state index in [1.54, 1.807) is 4.90 Å². The lowest BCUT2D eigenvalue weighted by Gasteiger charge is -2.36. The number of likely N-dealkylation sites (tertiary alicyclic amines) is 1. The van der Waals surface area contributed by atoms with Crippen molar-refractivity contribution in [3.8, 4) is 5.75 Å². The Morgan fingerprint density at radius 3 is 2.21 bits per heavy atom. The molecule has 8 heteroatoms. The summed E-state index contributed by atoms with van der Waals surface area (Å²) in [7, 11) is 0. The number of ether oxygens (including phenoxy) is 2. The van der Waals surface area contributed by atoms with E-state index < -0.39 is 5.60 Å². The molecule has 1 aliphatic carbocycles. The average Bonchev–Trinajstić information content (AvgIpc) is 2.92. The van der Waals surface area contributed by atoms with Crippen molar-refractivity contribution in [3.63, 3.8) is 0 Å². The zero-order chi connectivity index (χ0) is 27.1. The molecule has 2 aliphatic heterocycles. The second-order valence-electron chi connectivity index (χ2n) is 11.8. The van der Waals surface area contributed by atoms with Gasteiger partial charge in [-0.2, -0.15) is 0 Å². The number of carbonyl (C=O) groups excluding carboxylic acids is 2. The van der Waals surface area contributed by atoms with Crippen molar-refractivity contribution in [2.45, 2.75) is 58.5 Å². The number of aliphatic hydroxyl groups excluding tert-OH is 1. The Hall–Kier alpha value is -2.58. The predicted molar refractivity (Wildman–Crippen MR) is 148 cm³/mol. The second kappa shape index (κ2) is 13.0. The largest absolute Gasteiger partial charge is 0.493 e. The summed E-state index contributed by atoms with van der Waals surface area (Å²) in [5, 5.41) is 9.11. The van der Waals surface area contributed by atoms with Crippen LogP contribution in [0, 0.1) is 11.8 Å². The molecule has 210 valence electrons.